The number of hydrogen-bond acceptors (Lipinski definition) is 5. The first kappa shape index (κ1) is 15.4. The molecular weight excluding hydrogens is 292 g/mol. The monoisotopic (exact) mass is 310 g/mol. The smallest absolute Gasteiger partial charge is 0.295 e. The third-order valence-corrected chi connectivity index (χ3v) is 4.15. The summed E-state index contributed by atoms with van der Waals surface area (Å²) in [5.41, 5.74) is 1.30. The highest BCUT2D eigenvalue weighted by atomic mass is 32.2. The molecule has 0 saturated heterocycles. The standard InChI is InChI=1S/C14H18N2O4S/c1-10-8-11(4-6-13(10)19-3)16-21(17,18)14-7-5-12(20-14)9-15-2/h4-8,15-16H,9H2,1-3H3. The quantitative estimate of drug-likeness (QED) is 0.854. The molecule has 0 aliphatic carbocycles. The second-order valence-electron chi connectivity index (χ2n) is 4.54. The lowest BCUT2D eigenvalue weighted by molar-refractivity contribution is 0.408. The van der Waals surface area contributed by atoms with Gasteiger partial charge in [0.05, 0.1) is 13.7 Å². The van der Waals surface area contributed by atoms with Crippen LogP contribution < -0.4 is 14.8 Å². The van der Waals surface area contributed by atoms with E-state index in [1.807, 2.05) is 6.92 Å². The number of sulfonamides is 1. The van der Waals surface area contributed by atoms with Crippen molar-refractivity contribution < 1.29 is 17.6 Å². The van der Waals surface area contributed by atoms with E-state index in [2.05, 4.69) is 10.0 Å². The van der Waals surface area contributed by atoms with Crippen LogP contribution in [0.4, 0.5) is 5.69 Å². The number of methoxy groups -OCH3 is 1. The first-order chi connectivity index (χ1) is 9.96. The van der Waals surface area contributed by atoms with Crippen LogP contribution in [0.25, 0.3) is 0 Å². The number of rotatable bonds is 6. The normalized spacial score (nSPS) is 11.4. The maximum atomic E-state index is 12.2. The summed E-state index contributed by atoms with van der Waals surface area (Å²) in [7, 11) is -0.406. The molecular formula is C14H18N2O4S. The van der Waals surface area contributed by atoms with Crippen molar-refractivity contribution in [2.24, 2.45) is 0 Å². The van der Waals surface area contributed by atoms with E-state index >= 15 is 0 Å². The Kier molecular flexibility index (Phi) is 4.54. The van der Waals surface area contributed by atoms with Gasteiger partial charge in [-0.3, -0.25) is 4.72 Å². The average molecular weight is 310 g/mol. The van der Waals surface area contributed by atoms with Gasteiger partial charge in [-0.2, -0.15) is 8.42 Å². The zero-order chi connectivity index (χ0) is 15.5. The average Bonchev–Trinajstić information content (AvgIpc) is 2.88. The fourth-order valence-electron chi connectivity index (χ4n) is 1.92. The molecule has 2 rings (SSSR count). The van der Waals surface area contributed by atoms with Crippen LogP contribution in [-0.2, 0) is 16.6 Å². The minimum absolute atomic E-state index is 0.110. The van der Waals surface area contributed by atoms with Gasteiger partial charge in [-0.1, -0.05) is 0 Å². The van der Waals surface area contributed by atoms with Crippen molar-refractivity contribution in [3.8, 4) is 5.75 Å². The van der Waals surface area contributed by atoms with Gasteiger partial charge >= 0.3 is 0 Å². The van der Waals surface area contributed by atoms with Gasteiger partial charge in [0.2, 0.25) is 5.09 Å². The van der Waals surface area contributed by atoms with Gasteiger partial charge < -0.3 is 14.5 Å². The number of hydrogen-bond donors (Lipinski definition) is 2. The molecule has 0 aliphatic rings. The molecule has 2 N–H and O–H groups in total. The molecule has 0 atom stereocenters. The molecule has 21 heavy (non-hydrogen) atoms. The van der Waals surface area contributed by atoms with Crippen molar-refractivity contribution in [2.45, 2.75) is 18.6 Å². The summed E-state index contributed by atoms with van der Waals surface area (Å²) in [6.07, 6.45) is 0. The Morgan fingerprint density at radius 3 is 2.62 bits per heavy atom. The van der Waals surface area contributed by atoms with Crippen LogP contribution in [0.1, 0.15) is 11.3 Å². The molecule has 0 spiro atoms. The van der Waals surface area contributed by atoms with E-state index in [4.69, 9.17) is 9.15 Å². The van der Waals surface area contributed by atoms with Crippen LogP contribution in [0.5, 0.6) is 5.75 Å². The molecule has 1 aromatic carbocycles. The number of benzene rings is 1. The summed E-state index contributed by atoms with van der Waals surface area (Å²) in [4.78, 5) is 0. The summed E-state index contributed by atoms with van der Waals surface area (Å²) in [6, 6.07) is 8.12. The van der Waals surface area contributed by atoms with Crippen molar-refractivity contribution in [2.75, 3.05) is 18.9 Å². The number of nitrogens with one attached hydrogen (secondary N) is 2. The van der Waals surface area contributed by atoms with Crippen molar-refractivity contribution in [3.63, 3.8) is 0 Å². The molecule has 0 radical (unpaired) electrons. The van der Waals surface area contributed by atoms with E-state index in [1.54, 1.807) is 38.4 Å². The number of furan rings is 1. The Labute approximate surface area is 124 Å². The maximum Gasteiger partial charge on any atom is 0.295 e. The molecule has 1 aromatic heterocycles. The van der Waals surface area contributed by atoms with Crippen LogP contribution >= 0.6 is 0 Å². The second kappa shape index (κ2) is 6.19. The second-order valence-corrected chi connectivity index (χ2v) is 6.15. The predicted octanol–water partition coefficient (Wildman–Crippen LogP) is 2.12. The molecule has 0 fully saturated rings. The third kappa shape index (κ3) is 3.56. The van der Waals surface area contributed by atoms with Gasteiger partial charge in [0.1, 0.15) is 11.5 Å². The fourth-order valence-corrected chi connectivity index (χ4v) is 2.92. The van der Waals surface area contributed by atoms with E-state index in [0.717, 1.165) is 5.56 Å². The molecule has 7 heteroatoms. The van der Waals surface area contributed by atoms with E-state index in [9.17, 15) is 8.42 Å². The van der Waals surface area contributed by atoms with Crippen LogP contribution in [-0.4, -0.2) is 22.6 Å². The largest absolute Gasteiger partial charge is 0.496 e. The topological polar surface area (TPSA) is 80.6 Å². The predicted molar refractivity (Wildman–Crippen MR) is 80.0 cm³/mol. The highest BCUT2D eigenvalue weighted by Gasteiger charge is 2.19. The minimum Gasteiger partial charge on any atom is -0.496 e. The summed E-state index contributed by atoms with van der Waals surface area (Å²) < 4.78 is 37.4. The SMILES string of the molecule is CNCc1ccc(S(=O)(=O)Nc2ccc(OC)c(C)c2)o1. The van der Waals surface area contributed by atoms with Gasteiger partial charge in [0.15, 0.2) is 0 Å². The Bertz CT molecular complexity index is 722. The lowest BCUT2D eigenvalue weighted by atomic mass is 10.2. The van der Waals surface area contributed by atoms with E-state index < -0.39 is 10.0 Å². The maximum absolute atomic E-state index is 12.2. The van der Waals surface area contributed by atoms with Crippen LogP contribution in [0.15, 0.2) is 39.8 Å². The van der Waals surface area contributed by atoms with Crippen LogP contribution in [0, 0.1) is 6.92 Å². The van der Waals surface area contributed by atoms with Gasteiger partial charge in [0, 0.05) is 5.69 Å². The molecule has 2 aromatic rings. The summed E-state index contributed by atoms with van der Waals surface area (Å²) >= 11 is 0. The lowest BCUT2D eigenvalue weighted by Gasteiger charge is -2.09. The first-order valence-corrected chi connectivity index (χ1v) is 7.85. The van der Waals surface area contributed by atoms with Crippen molar-refractivity contribution >= 4 is 15.7 Å². The van der Waals surface area contributed by atoms with Crippen molar-refractivity contribution in [3.05, 3.63) is 41.7 Å². The summed E-state index contributed by atoms with van der Waals surface area (Å²) in [6.45, 7) is 2.31. The Morgan fingerprint density at radius 1 is 1.24 bits per heavy atom. The molecule has 0 amide bonds. The minimum atomic E-state index is -3.73. The Hall–Kier alpha value is -1.99. The zero-order valence-electron chi connectivity index (χ0n) is 12.1. The Balaban J connectivity index is 2.22. The molecule has 114 valence electrons. The molecule has 0 saturated carbocycles. The molecule has 0 bridgehead atoms. The van der Waals surface area contributed by atoms with Gasteiger partial charge in [-0.05, 0) is 49.9 Å². The van der Waals surface area contributed by atoms with Crippen LogP contribution in [0.2, 0.25) is 0 Å². The van der Waals surface area contributed by atoms with Crippen LogP contribution in [0.3, 0.4) is 0 Å². The fraction of sp³-hybridized carbons (Fsp3) is 0.286. The molecule has 0 unspecified atom stereocenters. The van der Waals surface area contributed by atoms with E-state index in [-0.39, 0.29) is 5.09 Å². The summed E-state index contributed by atoms with van der Waals surface area (Å²) in [5, 5.41) is 2.79. The highest BCUT2D eigenvalue weighted by molar-refractivity contribution is 7.92. The van der Waals surface area contributed by atoms with Gasteiger partial charge in [-0.15, -0.1) is 0 Å². The van der Waals surface area contributed by atoms with E-state index in [0.29, 0.717) is 23.7 Å². The molecule has 6 nitrogen and oxygen atoms in total. The van der Waals surface area contributed by atoms with Crippen molar-refractivity contribution in [1.82, 2.24) is 5.32 Å². The zero-order valence-corrected chi connectivity index (χ0v) is 13.0. The van der Waals surface area contributed by atoms with Crippen molar-refractivity contribution in [1.29, 1.82) is 0 Å². The Morgan fingerprint density at radius 2 is 2.00 bits per heavy atom. The third-order valence-electron chi connectivity index (χ3n) is 2.90. The van der Waals surface area contributed by atoms with E-state index in [1.165, 1.54) is 6.07 Å². The number of anilines is 1. The summed E-state index contributed by atoms with van der Waals surface area (Å²) in [5.74, 6) is 1.26. The van der Waals surface area contributed by atoms with Gasteiger partial charge in [0.25, 0.3) is 10.0 Å². The molecule has 0 aliphatic heterocycles. The lowest BCUT2D eigenvalue weighted by Crippen LogP contribution is -2.12. The van der Waals surface area contributed by atoms with Gasteiger partial charge in [-0.25, -0.2) is 0 Å². The highest BCUT2D eigenvalue weighted by Crippen LogP contribution is 2.24. The number of aryl methyl sites for hydroxylation is 1. The molecule has 1 heterocycles. The number of ether oxygens (including phenoxy) is 1. The first-order valence-electron chi connectivity index (χ1n) is 6.37.